The molecule has 0 radical (unpaired) electrons. The lowest BCUT2D eigenvalue weighted by Crippen LogP contribution is -2.70. The van der Waals surface area contributed by atoms with Gasteiger partial charge >= 0.3 is 6.03 Å². The number of pyridine rings is 2. The second-order valence-electron chi connectivity index (χ2n) is 9.09. The van der Waals surface area contributed by atoms with Crippen molar-refractivity contribution in [2.24, 2.45) is 13.0 Å². The Morgan fingerprint density at radius 1 is 1.19 bits per heavy atom. The number of β-lactam (4-membered cyclic amide) rings is 1. The number of nitrogens with one attached hydrogen (secondary N) is 1. The summed E-state index contributed by atoms with van der Waals surface area (Å²) in [7, 11) is 3.34. The predicted octanol–water partition coefficient (Wildman–Crippen LogP) is 1.91. The molecule has 11 nitrogen and oxygen atoms in total. The van der Waals surface area contributed by atoms with E-state index in [2.05, 4.69) is 20.3 Å². The second-order valence-corrected chi connectivity index (χ2v) is 9.09. The number of nitrogen functional groups attached to an aromatic ring is 1. The van der Waals surface area contributed by atoms with E-state index in [1.165, 1.54) is 4.90 Å². The first-order chi connectivity index (χ1) is 17.1. The van der Waals surface area contributed by atoms with Crippen molar-refractivity contribution in [3.8, 4) is 0 Å². The van der Waals surface area contributed by atoms with Crippen LogP contribution in [-0.2, 0) is 23.1 Å². The lowest BCUT2D eigenvalue weighted by Gasteiger charge is -2.45. The van der Waals surface area contributed by atoms with Crippen molar-refractivity contribution in [2.45, 2.75) is 39.3 Å². The van der Waals surface area contributed by atoms with Crippen LogP contribution in [0.15, 0.2) is 42.9 Å². The van der Waals surface area contributed by atoms with Crippen LogP contribution >= 0.6 is 0 Å². The van der Waals surface area contributed by atoms with Crippen molar-refractivity contribution in [3.63, 3.8) is 0 Å². The van der Waals surface area contributed by atoms with Gasteiger partial charge in [0.1, 0.15) is 11.9 Å². The van der Waals surface area contributed by atoms with Crippen molar-refractivity contribution in [3.05, 3.63) is 65.4 Å². The summed E-state index contributed by atoms with van der Waals surface area (Å²) < 4.78 is 1.69. The van der Waals surface area contributed by atoms with E-state index in [-0.39, 0.29) is 6.42 Å². The van der Waals surface area contributed by atoms with Crippen LogP contribution in [0.1, 0.15) is 35.5 Å². The first kappa shape index (κ1) is 24.8. The van der Waals surface area contributed by atoms with Gasteiger partial charge in [0.05, 0.1) is 12.0 Å². The maximum atomic E-state index is 13.6. The number of rotatable bonds is 6. The third-order valence-electron chi connectivity index (χ3n) is 6.49. The van der Waals surface area contributed by atoms with Gasteiger partial charge in [-0.1, -0.05) is 6.07 Å². The molecule has 4 amide bonds. The summed E-state index contributed by atoms with van der Waals surface area (Å²) in [6.45, 7) is 5.57. The standard InChI is InChI=1S/C25H30N8O3/c1-14-6-7-18(15(2)29-14)16(3)30-25(36)33-21(23(35)32(5)24-28-10-11-31(24)4)19(22(33)34)12-17-8-9-27-20(26)13-17/h6-11,13,16,19,21H,12H2,1-5H3,(H2,26,27)(H,30,36)/t16-,19+,21-/m0/s1. The average molecular weight is 491 g/mol. The highest BCUT2D eigenvalue weighted by Gasteiger charge is 2.55. The van der Waals surface area contributed by atoms with Gasteiger partial charge in [-0.05, 0) is 56.5 Å². The summed E-state index contributed by atoms with van der Waals surface area (Å²) in [6.07, 6.45) is 5.09. The highest BCUT2D eigenvalue weighted by Crippen LogP contribution is 2.33. The molecule has 36 heavy (non-hydrogen) atoms. The van der Waals surface area contributed by atoms with Crippen molar-refractivity contribution in [1.82, 2.24) is 29.7 Å². The lowest BCUT2D eigenvalue weighted by atomic mass is 9.81. The number of urea groups is 1. The highest BCUT2D eigenvalue weighted by molar-refractivity contribution is 6.12. The molecule has 4 rings (SSSR count). The van der Waals surface area contributed by atoms with Gasteiger partial charge in [0.15, 0.2) is 0 Å². The Balaban J connectivity index is 1.59. The molecule has 3 atom stereocenters. The summed E-state index contributed by atoms with van der Waals surface area (Å²) in [5.74, 6) is -0.850. The van der Waals surface area contributed by atoms with Crippen LogP contribution in [0.4, 0.5) is 16.6 Å². The Kier molecular flexibility index (Phi) is 6.73. The van der Waals surface area contributed by atoms with Gasteiger partial charge in [0.2, 0.25) is 11.9 Å². The third kappa shape index (κ3) is 4.64. The SMILES string of the molecule is Cc1ccc([C@H](C)NC(=O)N2C(=O)[C@H](Cc3ccnc(N)c3)[C@H]2C(=O)N(C)c2nccn2C)c(C)n1. The first-order valence-electron chi connectivity index (χ1n) is 11.6. The van der Waals surface area contributed by atoms with Crippen molar-refractivity contribution in [1.29, 1.82) is 0 Å². The zero-order chi connectivity index (χ0) is 26.1. The van der Waals surface area contributed by atoms with Gasteiger partial charge in [-0.2, -0.15) is 0 Å². The summed E-state index contributed by atoms with van der Waals surface area (Å²) in [5, 5.41) is 2.86. The number of anilines is 2. The van der Waals surface area contributed by atoms with Crippen molar-refractivity contribution in [2.75, 3.05) is 17.7 Å². The Labute approximate surface area is 209 Å². The smallest absolute Gasteiger partial charge is 0.325 e. The van der Waals surface area contributed by atoms with E-state index in [1.807, 2.05) is 32.9 Å². The molecule has 1 aliphatic rings. The molecule has 4 heterocycles. The topological polar surface area (TPSA) is 139 Å². The fraction of sp³-hybridized carbons (Fsp3) is 0.360. The molecule has 1 aliphatic heterocycles. The number of amides is 4. The average Bonchev–Trinajstić information content (AvgIpc) is 3.25. The largest absolute Gasteiger partial charge is 0.384 e. The van der Waals surface area contributed by atoms with Gasteiger partial charge in [0.25, 0.3) is 5.91 Å². The summed E-state index contributed by atoms with van der Waals surface area (Å²) in [5.41, 5.74) is 9.04. The lowest BCUT2D eigenvalue weighted by molar-refractivity contribution is -0.156. The maximum Gasteiger partial charge on any atom is 0.325 e. The molecule has 0 saturated carbocycles. The molecule has 3 N–H and O–H groups in total. The Bertz CT molecular complexity index is 1320. The summed E-state index contributed by atoms with van der Waals surface area (Å²) >= 11 is 0. The molecule has 3 aromatic rings. The number of carbonyl (C=O) groups excluding carboxylic acids is 3. The summed E-state index contributed by atoms with van der Waals surface area (Å²) in [4.78, 5) is 55.1. The van der Waals surface area contributed by atoms with E-state index in [0.717, 1.165) is 27.4 Å². The minimum absolute atomic E-state index is 0.247. The Morgan fingerprint density at radius 3 is 2.58 bits per heavy atom. The number of hydrogen-bond donors (Lipinski definition) is 2. The van der Waals surface area contributed by atoms with E-state index in [4.69, 9.17) is 5.73 Å². The Hall–Kier alpha value is -4.28. The van der Waals surface area contributed by atoms with Gasteiger partial charge in [-0.25, -0.2) is 14.8 Å². The van der Waals surface area contributed by atoms with Crippen LogP contribution in [0.5, 0.6) is 0 Å². The molecular weight excluding hydrogens is 460 g/mol. The number of aromatic nitrogens is 4. The summed E-state index contributed by atoms with van der Waals surface area (Å²) in [6, 6.07) is 5.11. The maximum absolute atomic E-state index is 13.6. The molecule has 0 spiro atoms. The molecule has 0 aliphatic carbocycles. The number of carbonyl (C=O) groups is 3. The number of imide groups is 1. The van der Waals surface area contributed by atoms with Gasteiger partial charge in [0, 0.05) is 44.1 Å². The number of nitrogens with zero attached hydrogens (tertiary/aromatic N) is 6. The number of likely N-dealkylation sites (tertiary alicyclic amines) is 1. The van der Waals surface area contributed by atoms with Crippen molar-refractivity contribution < 1.29 is 14.4 Å². The van der Waals surface area contributed by atoms with Crippen LogP contribution < -0.4 is 16.0 Å². The van der Waals surface area contributed by atoms with E-state index < -0.39 is 35.8 Å². The first-order valence-corrected chi connectivity index (χ1v) is 11.6. The van der Waals surface area contributed by atoms with E-state index in [9.17, 15) is 14.4 Å². The van der Waals surface area contributed by atoms with Crippen LogP contribution in [0.2, 0.25) is 0 Å². The monoisotopic (exact) mass is 490 g/mol. The van der Waals surface area contributed by atoms with Crippen LogP contribution in [0.3, 0.4) is 0 Å². The molecule has 0 unspecified atom stereocenters. The molecule has 3 aromatic heterocycles. The minimum atomic E-state index is -1.00. The molecular formula is C25H30N8O3. The molecule has 0 bridgehead atoms. The number of hydrogen-bond acceptors (Lipinski definition) is 7. The molecule has 1 fully saturated rings. The predicted molar refractivity (Wildman–Crippen MR) is 134 cm³/mol. The number of nitrogens with two attached hydrogens (primary N) is 1. The molecule has 0 aromatic carbocycles. The molecule has 188 valence electrons. The van der Waals surface area contributed by atoms with Crippen LogP contribution in [0, 0.1) is 19.8 Å². The van der Waals surface area contributed by atoms with Gasteiger partial charge in [-0.3, -0.25) is 24.4 Å². The number of imidazole rings is 1. The number of aryl methyl sites for hydroxylation is 3. The number of likely N-dealkylation sites (N-methyl/N-ethyl adjacent to an activating group) is 1. The minimum Gasteiger partial charge on any atom is -0.384 e. The normalized spacial score (nSPS) is 17.9. The zero-order valence-electron chi connectivity index (χ0n) is 21.0. The van der Waals surface area contributed by atoms with Gasteiger partial charge < -0.3 is 15.6 Å². The van der Waals surface area contributed by atoms with Gasteiger partial charge in [-0.15, -0.1) is 0 Å². The van der Waals surface area contributed by atoms with Crippen molar-refractivity contribution >= 4 is 29.6 Å². The fourth-order valence-electron chi connectivity index (χ4n) is 4.60. The zero-order valence-corrected chi connectivity index (χ0v) is 21.0. The van der Waals surface area contributed by atoms with E-state index in [0.29, 0.717) is 11.8 Å². The highest BCUT2D eigenvalue weighted by atomic mass is 16.2. The molecule has 1 saturated heterocycles. The molecule has 11 heteroatoms. The third-order valence-corrected chi connectivity index (χ3v) is 6.49. The van der Waals surface area contributed by atoms with E-state index in [1.54, 1.807) is 49.4 Å². The van der Waals surface area contributed by atoms with Crippen LogP contribution in [0.25, 0.3) is 0 Å². The quantitative estimate of drug-likeness (QED) is 0.503. The van der Waals surface area contributed by atoms with E-state index >= 15 is 0 Å². The Morgan fingerprint density at radius 2 is 1.94 bits per heavy atom. The van der Waals surface area contributed by atoms with Crippen LogP contribution in [-0.4, -0.2) is 55.4 Å². The second kappa shape index (κ2) is 9.76. The fourth-order valence-corrected chi connectivity index (χ4v) is 4.60.